The molecule has 0 aromatic heterocycles. The van der Waals surface area contributed by atoms with Crippen LogP contribution in [0.5, 0.6) is 23.0 Å². The number of hydrogen-bond donors (Lipinski definition) is 0. The Bertz CT molecular complexity index is 1230. The van der Waals surface area contributed by atoms with Crippen molar-refractivity contribution in [3.63, 3.8) is 0 Å². The first kappa shape index (κ1) is 24.9. The summed E-state index contributed by atoms with van der Waals surface area (Å²) in [6, 6.07) is 18.5. The van der Waals surface area contributed by atoms with E-state index in [-0.39, 0.29) is 0 Å². The van der Waals surface area contributed by atoms with Crippen molar-refractivity contribution in [3.05, 3.63) is 82.4 Å². The van der Waals surface area contributed by atoms with Gasteiger partial charge < -0.3 is 18.9 Å². The number of benzene rings is 3. The zero-order chi connectivity index (χ0) is 25.6. The quantitative estimate of drug-likeness (QED) is 0.327. The topological polar surface area (TPSA) is 61.6 Å². The van der Waals surface area contributed by atoms with Crippen molar-refractivity contribution in [1.82, 2.24) is 0 Å². The Kier molecular flexibility index (Phi) is 7.73. The molecule has 0 spiro atoms. The number of ether oxygens (including phenoxy) is 4. The lowest BCUT2D eigenvalue weighted by Gasteiger charge is -2.15. The summed E-state index contributed by atoms with van der Waals surface area (Å²) >= 11 is 0. The molecule has 6 nitrogen and oxygen atoms in total. The second-order valence-electron chi connectivity index (χ2n) is 9.50. The van der Waals surface area contributed by atoms with Crippen molar-refractivity contribution in [3.8, 4) is 23.0 Å². The van der Waals surface area contributed by atoms with Crippen LogP contribution in [0.25, 0.3) is 0 Å². The van der Waals surface area contributed by atoms with Gasteiger partial charge in [0, 0.05) is 24.5 Å². The fraction of sp³-hybridized carbons (Fsp3) is 0.355. The minimum Gasteiger partial charge on any atom is -0.493 e. The zero-order valence-corrected chi connectivity index (χ0v) is 21.9. The van der Waals surface area contributed by atoms with Crippen molar-refractivity contribution in [2.75, 3.05) is 27.3 Å². The monoisotopic (exact) mass is 498 g/mol. The first-order valence-electron chi connectivity index (χ1n) is 12.9. The number of methoxy groups -OCH3 is 2. The van der Waals surface area contributed by atoms with Crippen molar-refractivity contribution < 1.29 is 18.9 Å². The van der Waals surface area contributed by atoms with Gasteiger partial charge in [0.05, 0.1) is 14.2 Å². The summed E-state index contributed by atoms with van der Waals surface area (Å²) in [4.78, 5) is 9.18. The summed E-state index contributed by atoms with van der Waals surface area (Å²) in [5.74, 6) is 2.89. The second kappa shape index (κ2) is 11.5. The predicted octanol–water partition coefficient (Wildman–Crippen LogP) is 6.34. The summed E-state index contributed by atoms with van der Waals surface area (Å²) in [6.07, 6.45) is 4.26. The highest BCUT2D eigenvalue weighted by molar-refractivity contribution is 6.02. The van der Waals surface area contributed by atoms with Gasteiger partial charge >= 0.3 is 0 Å². The van der Waals surface area contributed by atoms with E-state index in [9.17, 15) is 0 Å². The van der Waals surface area contributed by atoms with Crippen LogP contribution in [0.15, 0.2) is 64.6 Å². The van der Waals surface area contributed by atoms with Crippen LogP contribution in [-0.4, -0.2) is 38.7 Å². The van der Waals surface area contributed by atoms with Crippen molar-refractivity contribution in [2.45, 2.75) is 45.8 Å². The third-order valence-corrected chi connectivity index (χ3v) is 6.73. The van der Waals surface area contributed by atoms with Gasteiger partial charge in [-0.2, -0.15) is 0 Å². The highest BCUT2D eigenvalue weighted by Crippen LogP contribution is 2.32. The number of hydrogen-bond acceptors (Lipinski definition) is 6. The molecule has 3 aromatic rings. The van der Waals surface area contributed by atoms with Crippen LogP contribution in [0.4, 0.5) is 0 Å². The normalized spacial score (nSPS) is 14.8. The highest BCUT2D eigenvalue weighted by atomic mass is 16.5. The molecule has 37 heavy (non-hydrogen) atoms. The molecule has 2 aliphatic rings. The molecule has 2 aliphatic heterocycles. The SMILES string of the molecule is COc1cc(C2=NCCC2)ccc1OCc1cc(C)cc(COc2ccc(C3=NCCC3)cc2OC)c1. The van der Waals surface area contributed by atoms with Gasteiger partial charge in [0.15, 0.2) is 23.0 Å². The molecule has 0 bridgehead atoms. The second-order valence-corrected chi connectivity index (χ2v) is 9.50. The molecule has 0 N–H and O–H groups in total. The van der Waals surface area contributed by atoms with E-state index in [1.165, 1.54) is 0 Å². The Balaban J connectivity index is 1.25. The average Bonchev–Trinajstić information content (AvgIpc) is 3.65. The molecule has 0 unspecified atom stereocenters. The smallest absolute Gasteiger partial charge is 0.161 e. The summed E-state index contributed by atoms with van der Waals surface area (Å²) in [6.45, 7) is 4.77. The minimum atomic E-state index is 0.436. The number of aryl methyl sites for hydroxylation is 1. The van der Waals surface area contributed by atoms with Gasteiger partial charge in [-0.3, -0.25) is 9.98 Å². The van der Waals surface area contributed by atoms with Crippen LogP contribution in [0.1, 0.15) is 53.5 Å². The van der Waals surface area contributed by atoms with Crippen LogP contribution in [0.3, 0.4) is 0 Å². The molecule has 0 radical (unpaired) electrons. The van der Waals surface area contributed by atoms with E-state index >= 15 is 0 Å². The van der Waals surface area contributed by atoms with Crippen LogP contribution in [0.2, 0.25) is 0 Å². The van der Waals surface area contributed by atoms with Gasteiger partial charge in [0.1, 0.15) is 13.2 Å². The number of aliphatic imine (C=N–C) groups is 2. The number of nitrogens with zero attached hydrogens (tertiary/aromatic N) is 2. The molecule has 6 heteroatoms. The molecule has 3 aromatic carbocycles. The molecule has 5 rings (SSSR count). The minimum absolute atomic E-state index is 0.436. The summed E-state index contributed by atoms with van der Waals surface area (Å²) < 4.78 is 23.6. The zero-order valence-electron chi connectivity index (χ0n) is 21.9. The van der Waals surface area contributed by atoms with E-state index in [0.29, 0.717) is 13.2 Å². The van der Waals surface area contributed by atoms with Gasteiger partial charge in [-0.25, -0.2) is 0 Å². The van der Waals surface area contributed by atoms with Gasteiger partial charge in [-0.15, -0.1) is 0 Å². The molecule has 2 heterocycles. The average molecular weight is 499 g/mol. The lowest BCUT2D eigenvalue weighted by molar-refractivity contribution is 0.279. The molecule has 0 saturated carbocycles. The van der Waals surface area contributed by atoms with E-state index in [4.69, 9.17) is 18.9 Å². The Morgan fingerprint density at radius 3 is 1.51 bits per heavy atom. The maximum Gasteiger partial charge on any atom is 0.161 e. The Morgan fingerprint density at radius 2 is 1.11 bits per heavy atom. The number of rotatable bonds is 10. The summed E-state index contributed by atoms with van der Waals surface area (Å²) in [5, 5.41) is 0. The first-order valence-corrected chi connectivity index (χ1v) is 12.9. The fourth-order valence-corrected chi connectivity index (χ4v) is 4.92. The van der Waals surface area contributed by atoms with Crippen LogP contribution in [-0.2, 0) is 13.2 Å². The molecule has 0 saturated heterocycles. The van der Waals surface area contributed by atoms with E-state index in [1.807, 2.05) is 24.3 Å². The van der Waals surface area contributed by atoms with E-state index < -0.39 is 0 Å². The Morgan fingerprint density at radius 1 is 0.622 bits per heavy atom. The molecule has 0 atom stereocenters. The molecule has 0 aliphatic carbocycles. The van der Waals surface area contributed by atoms with Gasteiger partial charge in [0.2, 0.25) is 0 Å². The lowest BCUT2D eigenvalue weighted by atomic mass is 10.1. The molecular weight excluding hydrogens is 464 g/mol. The Labute approximate surface area is 219 Å². The fourth-order valence-electron chi connectivity index (χ4n) is 4.92. The first-order chi connectivity index (χ1) is 18.1. The molecule has 0 fully saturated rings. The molecule has 192 valence electrons. The summed E-state index contributed by atoms with van der Waals surface area (Å²) in [7, 11) is 3.35. The van der Waals surface area contributed by atoms with Crippen molar-refractivity contribution >= 4 is 11.4 Å². The van der Waals surface area contributed by atoms with Crippen LogP contribution in [0, 0.1) is 6.92 Å². The maximum absolute atomic E-state index is 6.17. The van der Waals surface area contributed by atoms with Crippen LogP contribution >= 0.6 is 0 Å². The van der Waals surface area contributed by atoms with E-state index in [1.54, 1.807) is 14.2 Å². The lowest BCUT2D eigenvalue weighted by Crippen LogP contribution is -2.03. The third-order valence-electron chi connectivity index (χ3n) is 6.73. The van der Waals surface area contributed by atoms with E-state index in [0.717, 1.165) is 101 Å². The standard InChI is InChI=1S/C31H34N2O4/c1-21-14-22(19-36-28-10-8-24(17-30(28)34-2)26-6-4-12-32-26)16-23(15-21)20-37-29-11-9-25(18-31(29)35-3)27-7-5-13-33-27/h8-11,14-18H,4-7,12-13,19-20H2,1-3H3. The van der Waals surface area contributed by atoms with E-state index in [2.05, 4.69) is 47.2 Å². The molecule has 0 amide bonds. The van der Waals surface area contributed by atoms with Crippen LogP contribution < -0.4 is 18.9 Å². The Hall–Kier alpha value is -3.80. The van der Waals surface area contributed by atoms with Gasteiger partial charge in [0.25, 0.3) is 0 Å². The van der Waals surface area contributed by atoms with Crippen molar-refractivity contribution in [1.29, 1.82) is 0 Å². The predicted molar refractivity (Wildman–Crippen MR) is 147 cm³/mol. The maximum atomic E-state index is 6.17. The summed E-state index contributed by atoms with van der Waals surface area (Å²) in [5.41, 5.74) is 7.81. The van der Waals surface area contributed by atoms with Crippen molar-refractivity contribution in [2.24, 2.45) is 9.98 Å². The van der Waals surface area contributed by atoms with Gasteiger partial charge in [-0.1, -0.05) is 17.7 Å². The largest absolute Gasteiger partial charge is 0.493 e. The van der Waals surface area contributed by atoms with Gasteiger partial charge in [-0.05, 0) is 97.3 Å². The highest BCUT2D eigenvalue weighted by Gasteiger charge is 2.15. The molecular formula is C31H34N2O4. The third kappa shape index (κ3) is 5.96.